The molecule has 5 nitrogen and oxygen atoms in total. The SMILES string of the molecule is COC(=O)C(C)n1cncc1[C@H](C)N. The van der Waals surface area contributed by atoms with Crippen molar-refractivity contribution < 1.29 is 9.53 Å². The minimum atomic E-state index is -0.386. The molecule has 1 unspecified atom stereocenters. The van der Waals surface area contributed by atoms with Crippen LogP contribution in [0.3, 0.4) is 0 Å². The molecule has 5 heteroatoms. The van der Waals surface area contributed by atoms with E-state index in [1.807, 2.05) is 6.92 Å². The zero-order valence-electron chi connectivity index (χ0n) is 8.60. The summed E-state index contributed by atoms with van der Waals surface area (Å²) >= 11 is 0. The molecule has 0 radical (unpaired) electrons. The number of rotatable bonds is 3. The van der Waals surface area contributed by atoms with E-state index in [9.17, 15) is 4.79 Å². The summed E-state index contributed by atoms with van der Waals surface area (Å²) in [5, 5.41) is 0. The molecule has 1 rings (SSSR count). The Morgan fingerprint density at radius 3 is 2.79 bits per heavy atom. The summed E-state index contributed by atoms with van der Waals surface area (Å²) in [7, 11) is 1.36. The van der Waals surface area contributed by atoms with Gasteiger partial charge in [-0.05, 0) is 13.8 Å². The molecular weight excluding hydrogens is 182 g/mol. The van der Waals surface area contributed by atoms with Crippen LogP contribution in [0.1, 0.15) is 31.6 Å². The van der Waals surface area contributed by atoms with Crippen LogP contribution < -0.4 is 5.73 Å². The molecule has 1 aromatic rings. The number of hydrogen-bond donors (Lipinski definition) is 1. The van der Waals surface area contributed by atoms with Crippen molar-refractivity contribution in [1.82, 2.24) is 9.55 Å². The van der Waals surface area contributed by atoms with E-state index in [2.05, 4.69) is 9.72 Å². The number of ether oxygens (including phenoxy) is 1. The minimum absolute atomic E-state index is 0.149. The summed E-state index contributed by atoms with van der Waals surface area (Å²) < 4.78 is 6.36. The van der Waals surface area contributed by atoms with Gasteiger partial charge in [0.25, 0.3) is 0 Å². The van der Waals surface area contributed by atoms with E-state index in [0.29, 0.717) is 0 Å². The summed E-state index contributed by atoms with van der Waals surface area (Å²) in [4.78, 5) is 15.2. The van der Waals surface area contributed by atoms with Crippen LogP contribution in [-0.4, -0.2) is 22.6 Å². The van der Waals surface area contributed by atoms with Crippen LogP contribution in [0.2, 0.25) is 0 Å². The Kier molecular flexibility index (Phi) is 3.24. The second kappa shape index (κ2) is 4.23. The fraction of sp³-hybridized carbons (Fsp3) is 0.556. The quantitative estimate of drug-likeness (QED) is 0.722. The van der Waals surface area contributed by atoms with Gasteiger partial charge in [0.15, 0.2) is 0 Å². The predicted octanol–water partition coefficient (Wildman–Crippen LogP) is 0.637. The maximum atomic E-state index is 11.3. The average molecular weight is 197 g/mol. The molecule has 2 N–H and O–H groups in total. The molecule has 78 valence electrons. The average Bonchev–Trinajstić information content (AvgIpc) is 2.63. The number of hydrogen-bond acceptors (Lipinski definition) is 4. The summed E-state index contributed by atoms with van der Waals surface area (Å²) in [6, 6.07) is -0.534. The van der Waals surface area contributed by atoms with Gasteiger partial charge < -0.3 is 15.0 Å². The topological polar surface area (TPSA) is 70.1 Å². The predicted molar refractivity (Wildman–Crippen MR) is 51.6 cm³/mol. The van der Waals surface area contributed by atoms with Gasteiger partial charge in [-0.15, -0.1) is 0 Å². The Morgan fingerprint density at radius 1 is 1.64 bits per heavy atom. The molecule has 0 aliphatic carbocycles. The van der Waals surface area contributed by atoms with Crippen LogP contribution >= 0.6 is 0 Å². The molecule has 0 aliphatic heterocycles. The standard InChI is InChI=1S/C9H15N3O2/c1-6(10)8-4-11-5-12(8)7(2)9(13)14-3/h4-7H,10H2,1-3H3/t6-,7?/m0/s1. The molecule has 1 heterocycles. The first-order valence-electron chi connectivity index (χ1n) is 4.43. The van der Waals surface area contributed by atoms with Gasteiger partial charge in [-0.2, -0.15) is 0 Å². The third-order valence-electron chi connectivity index (χ3n) is 2.12. The van der Waals surface area contributed by atoms with Gasteiger partial charge in [0.05, 0.1) is 19.1 Å². The Labute approximate surface area is 82.9 Å². The molecular formula is C9H15N3O2. The van der Waals surface area contributed by atoms with Crippen molar-refractivity contribution >= 4 is 5.97 Å². The van der Waals surface area contributed by atoms with Crippen LogP contribution in [0, 0.1) is 0 Å². The first-order valence-corrected chi connectivity index (χ1v) is 4.43. The fourth-order valence-corrected chi connectivity index (χ4v) is 1.28. The second-order valence-electron chi connectivity index (χ2n) is 3.21. The van der Waals surface area contributed by atoms with Crippen molar-refractivity contribution in [3.63, 3.8) is 0 Å². The maximum absolute atomic E-state index is 11.3. The van der Waals surface area contributed by atoms with Crippen molar-refractivity contribution in [2.45, 2.75) is 25.9 Å². The second-order valence-corrected chi connectivity index (χ2v) is 3.21. The van der Waals surface area contributed by atoms with Gasteiger partial charge >= 0.3 is 5.97 Å². The van der Waals surface area contributed by atoms with Crippen LogP contribution in [0.5, 0.6) is 0 Å². The first-order chi connectivity index (χ1) is 6.57. The Bertz CT molecular complexity index is 320. The van der Waals surface area contributed by atoms with Gasteiger partial charge in [-0.25, -0.2) is 9.78 Å². The monoisotopic (exact) mass is 197 g/mol. The lowest BCUT2D eigenvalue weighted by Gasteiger charge is -2.15. The van der Waals surface area contributed by atoms with E-state index in [1.54, 1.807) is 24.0 Å². The molecule has 0 spiro atoms. The highest BCUT2D eigenvalue weighted by Crippen LogP contribution is 2.15. The maximum Gasteiger partial charge on any atom is 0.328 e. The van der Waals surface area contributed by atoms with Crippen molar-refractivity contribution in [3.05, 3.63) is 18.2 Å². The Balaban J connectivity index is 2.94. The Hall–Kier alpha value is -1.36. The smallest absolute Gasteiger partial charge is 0.328 e. The lowest BCUT2D eigenvalue weighted by atomic mass is 10.2. The third-order valence-corrected chi connectivity index (χ3v) is 2.12. The van der Waals surface area contributed by atoms with E-state index < -0.39 is 0 Å². The normalized spacial score (nSPS) is 14.9. The van der Waals surface area contributed by atoms with Crippen LogP contribution in [0.4, 0.5) is 0 Å². The highest BCUT2D eigenvalue weighted by molar-refractivity contribution is 5.73. The van der Waals surface area contributed by atoms with E-state index in [4.69, 9.17) is 5.73 Å². The molecule has 0 saturated carbocycles. The third kappa shape index (κ3) is 1.93. The van der Waals surface area contributed by atoms with Crippen molar-refractivity contribution in [3.8, 4) is 0 Å². The summed E-state index contributed by atoms with van der Waals surface area (Å²) in [6.45, 7) is 3.59. The molecule has 0 saturated heterocycles. The molecule has 0 aliphatic rings. The lowest BCUT2D eigenvalue weighted by molar-refractivity contribution is -0.144. The summed E-state index contributed by atoms with van der Waals surface area (Å²) in [5.74, 6) is -0.301. The van der Waals surface area contributed by atoms with E-state index >= 15 is 0 Å². The van der Waals surface area contributed by atoms with Crippen molar-refractivity contribution in [2.75, 3.05) is 7.11 Å². The number of esters is 1. The Morgan fingerprint density at radius 2 is 2.29 bits per heavy atom. The largest absolute Gasteiger partial charge is 0.467 e. The highest BCUT2D eigenvalue weighted by atomic mass is 16.5. The summed E-state index contributed by atoms with van der Waals surface area (Å²) in [6.07, 6.45) is 3.24. The number of methoxy groups -OCH3 is 1. The zero-order valence-corrected chi connectivity index (χ0v) is 8.60. The zero-order chi connectivity index (χ0) is 10.7. The van der Waals surface area contributed by atoms with Gasteiger partial charge in [0.2, 0.25) is 0 Å². The fourth-order valence-electron chi connectivity index (χ4n) is 1.28. The number of carbonyl (C=O) groups is 1. The van der Waals surface area contributed by atoms with Gasteiger partial charge in [0.1, 0.15) is 6.04 Å². The highest BCUT2D eigenvalue weighted by Gasteiger charge is 2.18. The van der Waals surface area contributed by atoms with Gasteiger partial charge in [-0.3, -0.25) is 0 Å². The number of nitrogens with zero attached hydrogens (tertiary/aromatic N) is 2. The first kappa shape index (κ1) is 10.7. The van der Waals surface area contributed by atoms with E-state index in [-0.39, 0.29) is 18.1 Å². The van der Waals surface area contributed by atoms with Crippen LogP contribution in [0.25, 0.3) is 0 Å². The minimum Gasteiger partial charge on any atom is -0.467 e. The molecule has 0 aromatic carbocycles. The molecule has 0 fully saturated rings. The van der Waals surface area contributed by atoms with E-state index in [0.717, 1.165) is 5.69 Å². The molecule has 0 amide bonds. The molecule has 14 heavy (non-hydrogen) atoms. The lowest BCUT2D eigenvalue weighted by Crippen LogP contribution is -2.21. The van der Waals surface area contributed by atoms with Gasteiger partial charge in [-0.1, -0.05) is 0 Å². The van der Waals surface area contributed by atoms with Crippen molar-refractivity contribution in [2.24, 2.45) is 5.73 Å². The molecule has 2 atom stereocenters. The number of carbonyl (C=O) groups excluding carboxylic acids is 1. The van der Waals surface area contributed by atoms with Crippen molar-refractivity contribution in [1.29, 1.82) is 0 Å². The molecule has 1 aromatic heterocycles. The number of nitrogens with two attached hydrogens (primary N) is 1. The van der Waals surface area contributed by atoms with Crippen LogP contribution in [-0.2, 0) is 9.53 Å². The number of aromatic nitrogens is 2. The summed E-state index contributed by atoms with van der Waals surface area (Å²) in [5.41, 5.74) is 6.55. The molecule has 0 bridgehead atoms. The number of imidazole rings is 1. The van der Waals surface area contributed by atoms with Gasteiger partial charge in [0, 0.05) is 12.2 Å². The van der Waals surface area contributed by atoms with E-state index in [1.165, 1.54) is 7.11 Å². The van der Waals surface area contributed by atoms with Crippen LogP contribution in [0.15, 0.2) is 12.5 Å².